The second-order valence-corrected chi connectivity index (χ2v) is 7.23. The molecule has 2 heterocycles. The molecule has 1 saturated heterocycles. The van der Waals surface area contributed by atoms with Gasteiger partial charge in [-0.2, -0.15) is 0 Å². The molecular formula is C13H21N3O2S. The van der Waals surface area contributed by atoms with Crippen LogP contribution in [0.5, 0.6) is 0 Å². The van der Waals surface area contributed by atoms with Gasteiger partial charge in [0.25, 0.3) is 0 Å². The van der Waals surface area contributed by atoms with Crippen LogP contribution < -0.4 is 5.32 Å². The SMILES string of the molecule is CN(CCc1ccccn1)S(=O)(=O)C1CCCNC1. The van der Waals surface area contributed by atoms with Gasteiger partial charge < -0.3 is 5.32 Å². The maximum atomic E-state index is 12.4. The zero-order valence-corrected chi connectivity index (χ0v) is 12.1. The Morgan fingerprint density at radius 3 is 2.95 bits per heavy atom. The van der Waals surface area contributed by atoms with Crippen LogP contribution in [0.4, 0.5) is 0 Å². The minimum absolute atomic E-state index is 0.282. The average molecular weight is 283 g/mol. The molecule has 0 spiro atoms. The fourth-order valence-corrected chi connectivity index (χ4v) is 3.92. The second kappa shape index (κ2) is 6.45. The zero-order valence-electron chi connectivity index (χ0n) is 11.2. The third-order valence-corrected chi connectivity index (χ3v) is 5.81. The summed E-state index contributed by atoms with van der Waals surface area (Å²) in [4.78, 5) is 4.21. The normalized spacial score (nSPS) is 20.6. The summed E-state index contributed by atoms with van der Waals surface area (Å²) in [6.07, 6.45) is 4.06. The van der Waals surface area contributed by atoms with Crippen molar-refractivity contribution in [2.45, 2.75) is 24.5 Å². The third-order valence-electron chi connectivity index (χ3n) is 3.52. The number of nitrogens with zero attached hydrogens (tertiary/aromatic N) is 2. The number of hydrogen-bond acceptors (Lipinski definition) is 4. The lowest BCUT2D eigenvalue weighted by Gasteiger charge is -2.27. The summed E-state index contributed by atoms with van der Waals surface area (Å²) in [6.45, 7) is 1.97. The first kappa shape index (κ1) is 14.4. The van der Waals surface area contributed by atoms with Crippen molar-refractivity contribution in [1.82, 2.24) is 14.6 Å². The lowest BCUT2D eigenvalue weighted by molar-refractivity contribution is 0.433. The van der Waals surface area contributed by atoms with Crippen molar-refractivity contribution in [3.63, 3.8) is 0 Å². The highest BCUT2D eigenvalue weighted by Crippen LogP contribution is 2.15. The molecule has 1 atom stereocenters. The van der Waals surface area contributed by atoms with Crippen LogP contribution in [0, 0.1) is 0 Å². The minimum atomic E-state index is -3.19. The lowest BCUT2D eigenvalue weighted by atomic mass is 10.2. The van der Waals surface area contributed by atoms with Gasteiger partial charge in [-0.1, -0.05) is 6.07 Å². The Kier molecular flexibility index (Phi) is 4.90. The van der Waals surface area contributed by atoms with Crippen molar-refractivity contribution in [2.24, 2.45) is 0 Å². The standard InChI is InChI=1S/C13H21N3O2S/c1-16(10-7-12-5-2-3-9-15-12)19(17,18)13-6-4-8-14-11-13/h2-3,5,9,13-14H,4,6-8,10-11H2,1H3. The molecule has 1 fully saturated rings. The smallest absolute Gasteiger partial charge is 0.217 e. The Morgan fingerprint density at radius 1 is 1.47 bits per heavy atom. The summed E-state index contributed by atoms with van der Waals surface area (Å²) in [6, 6.07) is 5.70. The van der Waals surface area contributed by atoms with E-state index in [2.05, 4.69) is 10.3 Å². The van der Waals surface area contributed by atoms with Crippen LogP contribution in [0.3, 0.4) is 0 Å². The van der Waals surface area contributed by atoms with E-state index in [-0.39, 0.29) is 5.25 Å². The number of pyridine rings is 1. The van der Waals surface area contributed by atoms with E-state index in [9.17, 15) is 8.42 Å². The number of piperidine rings is 1. The Balaban J connectivity index is 1.93. The fourth-order valence-electron chi connectivity index (χ4n) is 2.27. The van der Waals surface area contributed by atoms with Crippen LogP contribution in [-0.2, 0) is 16.4 Å². The maximum Gasteiger partial charge on any atom is 0.217 e. The van der Waals surface area contributed by atoms with Gasteiger partial charge in [-0.15, -0.1) is 0 Å². The zero-order chi connectivity index (χ0) is 13.7. The molecule has 0 radical (unpaired) electrons. The summed E-state index contributed by atoms with van der Waals surface area (Å²) in [5.41, 5.74) is 0.923. The number of aromatic nitrogens is 1. The topological polar surface area (TPSA) is 62.3 Å². The van der Waals surface area contributed by atoms with E-state index >= 15 is 0 Å². The van der Waals surface area contributed by atoms with Gasteiger partial charge in [0.1, 0.15) is 0 Å². The highest BCUT2D eigenvalue weighted by Gasteiger charge is 2.30. The molecule has 2 rings (SSSR count). The van der Waals surface area contributed by atoms with Crippen LogP contribution in [-0.4, -0.2) is 49.6 Å². The lowest BCUT2D eigenvalue weighted by Crippen LogP contribution is -2.45. The van der Waals surface area contributed by atoms with Gasteiger partial charge in [0.2, 0.25) is 10.0 Å². The van der Waals surface area contributed by atoms with E-state index in [1.165, 1.54) is 4.31 Å². The number of hydrogen-bond donors (Lipinski definition) is 1. The first-order chi connectivity index (χ1) is 9.10. The number of sulfonamides is 1. The molecule has 1 N–H and O–H groups in total. The molecule has 0 amide bonds. The van der Waals surface area contributed by atoms with Gasteiger partial charge >= 0.3 is 0 Å². The van der Waals surface area contributed by atoms with E-state index in [4.69, 9.17) is 0 Å². The van der Waals surface area contributed by atoms with Crippen molar-refractivity contribution in [3.8, 4) is 0 Å². The molecule has 106 valence electrons. The Morgan fingerprint density at radius 2 is 2.32 bits per heavy atom. The average Bonchev–Trinajstić information content (AvgIpc) is 2.46. The first-order valence-electron chi connectivity index (χ1n) is 6.66. The quantitative estimate of drug-likeness (QED) is 0.861. The molecule has 6 heteroatoms. The van der Waals surface area contributed by atoms with Crippen molar-refractivity contribution < 1.29 is 8.42 Å². The van der Waals surface area contributed by atoms with Crippen molar-refractivity contribution in [3.05, 3.63) is 30.1 Å². The van der Waals surface area contributed by atoms with Crippen LogP contribution in [0.25, 0.3) is 0 Å². The highest BCUT2D eigenvalue weighted by molar-refractivity contribution is 7.89. The van der Waals surface area contributed by atoms with Crippen LogP contribution >= 0.6 is 0 Å². The number of likely N-dealkylation sites (N-methyl/N-ethyl adjacent to an activating group) is 1. The summed E-state index contributed by atoms with van der Waals surface area (Å²) in [7, 11) is -1.53. The monoisotopic (exact) mass is 283 g/mol. The van der Waals surface area contributed by atoms with Crippen LogP contribution in [0.15, 0.2) is 24.4 Å². The molecule has 1 unspecified atom stereocenters. The predicted molar refractivity (Wildman–Crippen MR) is 75.4 cm³/mol. The summed E-state index contributed by atoms with van der Waals surface area (Å²) in [5.74, 6) is 0. The third kappa shape index (κ3) is 3.75. The first-order valence-corrected chi connectivity index (χ1v) is 8.17. The molecule has 19 heavy (non-hydrogen) atoms. The van der Waals surface area contributed by atoms with E-state index in [0.717, 1.165) is 25.1 Å². The van der Waals surface area contributed by atoms with Gasteiger partial charge in [0.05, 0.1) is 5.25 Å². The summed E-state index contributed by atoms with van der Waals surface area (Å²) >= 11 is 0. The van der Waals surface area contributed by atoms with Gasteiger partial charge in [0.15, 0.2) is 0 Å². The Hall–Kier alpha value is -0.980. The van der Waals surface area contributed by atoms with Crippen LogP contribution in [0.1, 0.15) is 18.5 Å². The van der Waals surface area contributed by atoms with Gasteiger partial charge in [-0.05, 0) is 31.5 Å². The molecule has 1 aliphatic rings. The highest BCUT2D eigenvalue weighted by atomic mass is 32.2. The summed E-state index contributed by atoms with van der Waals surface area (Å²) < 4.78 is 26.2. The van der Waals surface area contributed by atoms with Crippen LogP contribution in [0.2, 0.25) is 0 Å². The minimum Gasteiger partial charge on any atom is -0.315 e. The molecule has 0 aliphatic carbocycles. The molecule has 1 aromatic heterocycles. The van der Waals surface area contributed by atoms with E-state index < -0.39 is 10.0 Å². The van der Waals surface area contributed by atoms with Gasteiger partial charge in [-0.3, -0.25) is 4.98 Å². The summed E-state index contributed by atoms with van der Waals surface area (Å²) in [5, 5.41) is 2.87. The van der Waals surface area contributed by atoms with E-state index in [0.29, 0.717) is 19.5 Å². The van der Waals surface area contributed by atoms with Crippen molar-refractivity contribution in [2.75, 3.05) is 26.7 Å². The van der Waals surface area contributed by atoms with Gasteiger partial charge in [0, 0.05) is 38.4 Å². The molecule has 5 nitrogen and oxygen atoms in total. The maximum absolute atomic E-state index is 12.4. The van der Waals surface area contributed by atoms with E-state index in [1.54, 1.807) is 13.2 Å². The molecule has 0 aromatic carbocycles. The molecule has 0 bridgehead atoms. The molecule has 1 aromatic rings. The Bertz CT molecular complexity index is 484. The van der Waals surface area contributed by atoms with Crippen molar-refractivity contribution in [1.29, 1.82) is 0 Å². The second-order valence-electron chi connectivity index (χ2n) is 4.91. The largest absolute Gasteiger partial charge is 0.315 e. The Labute approximate surface area is 115 Å². The molecule has 1 aliphatic heterocycles. The van der Waals surface area contributed by atoms with Gasteiger partial charge in [-0.25, -0.2) is 12.7 Å². The van der Waals surface area contributed by atoms with E-state index in [1.807, 2.05) is 18.2 Å². The number of rotatable bonds is 5. The van der Waals surface area contributed by atoms with Crippen molar-refractivity contribution >= 4 is 10.0 Å². The fraction of sp³-hybridized carbons (Fsp3) is 0.615. The predicted octanol–water partition coefficient (Wildman–Crippen LogP) is 0.638. The molecular weight excluding hydrogens is 262 g/mol. The number of nitrogens with one attached hydrogen (secondary N) is 1. The molecule has 0 saturated carbocycles.